The molecule has 0 saturated heterocycles. The molecule has 2 aliphatic carbocycles. The number of ether oxygens (including phenoxy) is 1. The van der Waals surface area contributed by atoms with Gasteiger partial charge in [0.05, 0.1) is 23.2 Å². The van der Waals surface area contributed by atoms with Gasteiger partial charge in [-0.1, -0.05) is 43.5 Å². The van der Waals surface area contributed by atoms with Gasteiger partial charge in [-0.25, -0.2) is 17.6 Å². The van der Waals surface area contributed by atoms with Crippen LogP contribution in [0.3, 0.4) is 0 Å². The predicted molar refractivity (Wildman–Crippen MR) is 160 cm³/mol. The second kappa shape index (κ2) is 11.6. The largest absolute Gasteiger partial charge is 0.490 e. The van der Waals surface area contributed by atoms with E-state index in [-0.39, 0.29) is 28.9 Å². The van der Waals surface area contributed by atoms with Crippen LogP contribution in [0.15, 0.2) is 65.6 Å². The predicted octanol–water partition coefficient (Wildman–Crippen LogP) is 6.59. The Morgan fingerprint density at radius 1 is 1.05 bits per heavy atom. The zero-order valence-corrected chi connectivity index (χ0v) is 24.8. The lowest BCUT2D eigenvalue weighted by Gasteiger charge is -2.37. The molecule has 3 aromatic rings. The first kappa shape index (κ1) is 29.1. The van der Waals surface area contributed by atoms with E-state index in [9.17, 15) is 28.0 Å². The lowest BCUT2D eigenvalue weighted by Crippen LogP contribution is -2.46. The van der Waals surface area contributed by atoms with E-state index in [1.807, 2.05) is 35.2 Å². The Labute approximate surface area is 251 Å². The van der Waals surface area contributed by atoms with Crippen molar-refractivity contribution in [1.82, 2.24) is 4.31 Å². The third-order valence-electron chi connectivity index (χ3n) is 9.19. The normalized spacial score (nSPS) is 23.8. The first-order chi connectivity index (χ1) is 20.7. The molecule has 0 amide bonds. The number of anilines is 2. The molecule has 1 atom stereocenters. The molecule has 2 saturated carbocycles. The molecule has 6 rings (SSSR count). The summed E-state index contributed by atoms with van der Waals surface area (Å²) in [5.74, 6) is -1.87. The van der Waals surface area contributed by atoms with Crippen LogP contribution in [0, 0.1) is 29.0 Å². The smallest absolute Gasteiger partial charge is 0.338 e. The van der Waals surface area contributed by atoms with Crippen molar-refractivity contribution in [3.63, 3.8) is 0 Å². The zero-order chi connectivity index (χ0) is 30.3. The van der Waals surface area contributed by atoms with Gasteiger partial charge in [0.25, 0.3) is 0 Å². The maximum Gasteiger partial charge on any atom is 0.338 e. The topological polar surface area (TPSA) is 111 Å². The number of carboxylic acids is 1. The fraction of sp³-hybridized carbons (Fsp3) is 0.394. The number of benzene rings is 3. The van der Waals surface area contributed by atoms with Crippen molar-refractivity contribution >= 4 is 27.4 Å². The van der Waals surface area contributed by atoms with Gasteiger partial charge in [0, 0.05) is 49.8 Å². The minimum absolute atomic E-state index is 0.0734. The second-order valence-electron chi connectivity index (χ2n) is 11.8. The van der Waals surface area contributed by atoms with E-state index in [2.05, 4.69) is 6.07 Å². The number of nitrogens with zero attached hydrogens (tertiary/aromatic N) is 3. The lowest BCUT2D eigenvalue weighted by atomic mass is 9.83. The number of rotatable bonds is 6. The van der Waals surface area contributed by atoms with Crippen molar-refractivity contribution in [2.45, 2.75) is 62.0 Å². The number of hydrogen-bond acceptors (Lipinski definition) is 6. The maximum atomic E-state index is 14.4. The molecule has 10 heteroatoms. The first-order valence-electron chi connectivity index (χ1n) is 14.8. The molecule has 1 N–H and O–H groups in total. The van der Waals surface area contributed by atoms with E-state index >= 15 is 0 Å². The Bertz CT molecular complexity index is 1680. The summed E-state index contributed by atoms with van der Waals surface area (Å²) in [6.07, 6.45) is 6.00. The van der Waals surface area contributed by atoms with Crippen LogP contribution in [0.4, 0.5) is 15.8 Å². The number of sulfonamides is 1. The highest BCUT2D eigenvalue weighted by Crippen LogP contribution is 2.47. The van der Waals surface area contributed by atoms with Gasteiger partial charge in [0.1, 0.15) is 22.6 Å². The van der Waals surface area contributed by atoms with Gasteiger partial charge in [0.2, 0.25) is 10.0 Å². The van der Waals surface area contributed by atoms with Crippen LogP contribution in [-0.2, 0) is 10.0 Å². The molecule has 3 aromatic carbocycles. The van der Waals surface area contributed by atoms with Crippen LogP contribution in [-0.4, -0.2) is 49.5 Å². The van der Waals surface area contributed by atoms with Crippen LogP contribution in [0.2, 0.25) is 0 Å². The number of likely N-dealkylation sites (N-methyl/N-ethyl adjacent to an activating group) is 1. The minimum Gasteiger partial charge on any atom is -0.490 e. The van der Waals surface area contributed by atoms with Crippen molar-refractivity contribution in [2.75, 3.05) is 18.5 Å². The molecule has 1 heterocycles. The third kappa shape index (κ3) is 5.48. The van der Waals surface area contributed by atoms with Crippen LogP contribution < -0.4 is 9.64 Å². The van der Waals surface area contributed by atoms with Gasteiger partial charge in [-0.2, -0.15) is 9.57 Å². The summed E-state index contributed by atoms with van der Waals surface area (Å²) < 4.78 is 51.1. The molecule has 43 heavy (non-hydrogen) atoms. The number of hydrogen-bond donors (Lipinski definition) is 1. The Morgan fingerprint density at radius 3 is 2.44 bits per heavy atom. The van der Waals surface area contributed by atoms with E-state index in [1.54, 1.807) is 13.1 Å². The minimum atomic E-state index is -4.01. The van der Waals surface area contributed by atoms with Crippen molar-refractivity contribution in [3.8, 4) is 22.9 Å². The molecule has 0 spiro atoms. The summed E-state index contributed by atoms with van der Waals surface area (Å²) in [5.41, 5.74) is 1.46. The summed E-state index contributed by atoms with van der Waals surface area (Å²) in [5, 5.41) is 18.9. The van der Waals surface area contributed by atoms with E-state index in [0.29, 0.717) is 42.0 Å². The van der Waals surface area contributed by atoms with Crippen LogP contribution in [0.25, 0.3) is 11.1 Å². The van der Waals surface area contributed by atoms with E-state index in [4.69, 9.17) is 4.74 Å². The van der Waals surface area contributed by atoms with Gasteiger partial charge >= 0.3 is 5.97 Å². The summed E-state index contributed by atoms with van der Waals surface area (Å²) in [6, 6.07) is 18.6. The summed E-state index contributed by atoms with van der Waals surface area (Å²) >= 11 is 0. The summed E-state index contributed by atoms with van der Waals surface area (Å²) in [6.45, 7) is 0.454. The average molecular weight is 604 g/mol. The van der Waals surface area contributed by atoms with Crippen LogP contribution in [0.5, 0.6) is 5.75 Å². The quantitative estimate of drug-likeness (QED) is 0.338. The van der Waals surface area contributed by atoms with Crippen molar-refractivity contribution in [2.24, 2.45) is 11.8 Å². The molecule has 0 bridgehead atoms. The van der Waals surface area contributed by atoms with Crippen molar-refractivity contribution in [1.29, 1.82) is 5.26 Å². The summed E-state index contributed by atoms with van der Waals surface area (Å²) in [7, 11) is -2.36. The van der Waals surface area contributed by atoms with E-state index < -0.39 is 27.4 Å². The van der Waals surface area contributed by atoms with Gasteiger partial charge in [-0.3, -0.25) is 0 Å². The van der Waals surface area contributed by atoms with Crippen LogP contribution >= 0.6 is 0 Å². The van der Waals surface area contributed by atoms with Gasteiger partial charge in [0.15, 0.2) is 0 Å². The van der Waals surface area contributed by atoms with Crippen molar-refractivity contribution < 1.29 is 27.4 Å². The Balaban J connectivity index is 1.56. The fourth-order valence-electron chi connectivity index (χ4n) is 6.64. The fourth-order valence-corrected chi connectivity index (χ4v) is 8.25. The van der Waals surface area contributed by atoms with E-state index in [0.717, 1.165) is 43.9 Å². The monoisotopic (exact) mass is 603 g/mol. The molecule has 224 valence electrons. The molecule has 1 aliphatic heterocycles. The molecule has 0 radical (unpaired) electrons. The Kier molecular flexibility index (Phi) is 7.88. The van der Waals surface area contributed by atoms with Gasteiger partial charge in [-0.05, 0) is 54.7 Å². The molecular weight excluding hydrogens is 569 g/mol. The van der Waals surface area contributed by atoms with Crippen LogP contribution in [0.1, 0.15) is 55.3 Å². The summed E-state index contributed by atoms with van der Waals surface area (Å²) in [4.78, 5) is 13.9. The maximum absolute atomic E-state index is 14.4. The number of halogens is 1. The van der Waals surface area contributed by atoms with Gasteiger partial charge < -0.3 is 14.7 Å². The number of carbonyl (C=O) groups is 1. The first-order valence-corrected chi connectivity index (χ1v) is 16.2. The number of para-hydroxylation sites is 1. The Morgan fingerprint density at radius 2 is 1.77 bits per heavy atom. The number of aromatic carboxylic acids is 1. The Hall–Kier alpha value is -3.94. The second-order valence-corrected chi connectivity index (χ2v) is 13.8. The van der Waals surface area contributed by atoms with E-state index in [1.165, 1.54) is 22.5 Å². The number of fused-ring (bicyclic) bond motifs is 1. The highest BCUT2D eigenvalue weighted by Gasteiger charge is 2.42. The lowest BCUT2D eigenvalue weighted by molar-refractivity contribution is 0.0691. The molecule has 0 unspecified atom stereocenters. The molecular formula is C33H34FN3O5S. The molecule has 0 aromatic heterocycles. The number of nitriles is 1. The number of carboxylic acid groups (broad SMARTS) is 1. The zero-order valence-electron chi connectivity index (χ0n) is 23.9. The highest BCUT2D eigenvalue weighted by molar-refractivity contribution is 7.89. The standard InChI is InChI=1S/C33H34FN3O5S/c1-36-30(22-8-4-2-5-9-22)20-37(24-10-6-3-7-11-24)29-18-31(42-25-14-21(15-25)19-35)26(17-32(29)43(36,40)41)23-12-13-28(34)27(16-23)33(38)39/h3,6-7,10-13,16-18,21-22,25,30H,2,4-5,8-9,14-15,20H2,1H3,(H,38,39)/t21?,25?,30-/m0/s1. The molecule has 8 nitrogen and oxygen atoms in total. The third-order valence-corrected chi connectivity index (χ3v) is 11.1. The highest BCUT2D eigenvalue weighted by atomic mass is 32.2. The van der Waals surface area contributed by atoms with Gasteiger partial charge in [-0.15, -0.1) is 0 Å². The molecule has 2 fully saturated rings. The van der Waals surface area contributed by atoms with Crippen molar-refractivity contribution in [3.05, 3.63) is 72.0 Å². The average Bonchev–Trinajstić information content (AvgIpc) is 3.07. The molecule has 3 aliphatic rings. The SMILES string of the molecule is CN1[C@H](C2CCCCC2)CN(c2ccccc2)c2cc(OC3CC(C#N)C3)c(-c3ccc(F)c(C(=O)O)c3)cc2S1(=O)=O.